The van der Waals surface area contributed by atoms with E-state index in [0.29, 0.717) is 12.3 Å². The maximum atomic E-state index is 11.2. The van der Waals surface area contributed by atoms with Crippen molar-refractivity contribution >= 4 is 5.78 Å². The zero-order valence-electron chi connectivity index (χ0n) is 7.79. The van der Waals surface area contributed by atoms with E-state index in [1.54, 1.807) is 6.08 Å². The van der Waals surface area contributed by atoms with Crippen molar-refractivity contribution in [2.45, 2.75) is 26.2 Å². The van der Waals surface area contributed by atoms with Crippen molar-refractivity contribution in [1.82, 2.24) is 0 Å². The maximum Gasteiger partial charge on any atom is 0.155 e. The molecule has 68 valence electrons. The van der Waals surface area contributed by atoms with Crippen molar-refractivity contribution in [2.75, 3.05) is 0 Å². The summed E-state index contributed by atoms with van der Waals surface area (Å²) in [5, 5.41) is 8.97. The Kier molecular flexibility index (Phi) is 1.76. The number of hydrogen-bond donors (Lipinski definition) is 0. The molecule has 0 heterocycles. The lowest BCUT2D eigenvalue weighted by Crippen LogP contribution is -2.30. The highest BCUT2D eigenvalue weighted by molar-refractivity contribution is 5.91. The Bertz CT molecular complexity index is 313. The molecule has 0 aromatic heterocycles. The van der Waals surface area contributed by atoms with Crippen LogP contribution in [0.3, 0.4) is 0 Å². The van der Waals surface area contributed by atoms with E-state index in [0.717, 1.165) is 12.8 Å². The van der Waals surface area contributed by atoms with Gasteiger partial charge in [-0.25, -0.2) is 0 Å². The van der Waals surface area contributed by atoms with E-state index in [-0.39, 0.29) is 17.1 Å². The second kappa shape index (κ2) is 2.70. The third kappa shape index (κ3) is 1.11. The van der Waals surface area contributed by atoms with Gasteiger partial charge in [-0.15, -0.1) is 0 Å². The zero-order chi connectivity index (χ0) is 9.47. The molecule has 0 amide bonds. The van der Waals surface area contributed by atoms with Crippen LogP contribution in [0.4, 0.5) is 0 Å². The molecule has 0 spiro atoms. The average molecular weight is 175 g/mol. The van der Waals surface area contributed by atoms with E-state index in [9.17, 15) is 4.79 Å². The largest absolute Gasteiger partial charge is 0.295 e. The summed E-state index contributed by atoms with van der Waals surface area (Å²) >= 11 is 0. The van der Waals surface area contributed by atoms with E-state index in [2.05, 4.69) is 13.0 Å². The number of carbonyl (C=O) groups is 1. The minimum absolute atomic E-state index is 0.0251. The smallest absolute Gasteiger partial charge is 0.155 e. The molecule has 0 bridgehead atoms. The Morgan fingerprint density at radius 1 is 1.62 bits per heavy atom. The predicted octanol–water partition coefficient (Wildman–Crippen LogP) is 2.07. The number of allylic oxidation sites excluding steroid dienone is 2. The van der Waals surface area contributed by atoms with Crippen LogP contribution in [-0.2, 0) is 4.79 Å². The summed E-state index contributed by atoms with van der Waals surface area (Å²) in [5.41, 5.74) is -0.0251. The van der Waals surface area contributed by atoms with Crippen molar-refractivity contribution in [3.8, 4) is 6.07 Å². The molecule has 3 atom stereocenters. The summed E-state index contributed by atoms with van der Waals surface area (Å²) in [6.07, 6.45) is 6.25. The van der Waals surface area contributed by atoms with Crippen LogP contribution in [0.25, 0.3) is 0 Å². The standard InChI is InChI=1S/C11H13NO/c1-11-5-4-10(13)6-8(11)2-3-9(11)7-12/h4-5,8-9H,2-3,6H2,1H3/t8-,9-,11+/m0/s1. The molecule has 2 rings (SSSR count). The Balaban J connectivity index is 2.35. The fourth-order valence-electron chi connectivity index (χ4n) is 2.64. The van der Waals surface area contributed by atoms with Crippen LogP contribution in [0.2, 0.25) is 0 Å². The Morgan fingerprint density at radius 2 is 2.38 bits per heavy atom. The second-order valence-electron chi connectivity index (χ2n) is 4.33. The minimum Gasteiger partial charge on any atom is -0.295 e. The SMILES string of the molecule is C[C@@]12C=CC(=O)C[C@@H]1CC[C@H]2C#N. The molecule has 2 nitrogen and oxygen atoms in total. The van der Waals surface area contributed by atoms with Crippen LogP contribution in [0, 0.1) is 28.6 Å². The molecule has 1 fully saturated rings. The summed E-state index contributed by atoms with van der Waals surface area (Å²) in [6.45, 7) is 2.11. The van der Waals surface area contributed by atoms with Crippen molar-refractivity contribution in [1.29, 1.82) is 5.26 Å². The quantitative estimate of drug-likeness (QED) is 0.565. The lowest BCUT2D eigenvalue weighted by Gasteiger charge is -2.33. The van der Waals surface area contributed by atoms with Crippen LogP contribution < -0.4 is 0 Å². The first-order valence-corrected chi connectivity index (χ1v) is 4.78. The summed E-state index contributed by atoms with van der Waals surface area (Å²) in [6, 6.07) is 2.36. The van der Waals surface area contributed by atoms with E-state index in [1.807, 2.05) is 6.08 Å². The van der Waals surface area contributed by atoms with Gasteiger partial charge in [0.15, 0.2) is 5.78 Å². The summed E-state index contributed by atoms with van der Waals surface area (Å²) in [5.74, 6) is 0.748. The Morgan fingerprint density at radius 3 is 3.08 bits per heavy atom. The van der Waals surface area contributed by atoms with Crippen molar-refractivity contribution in [3.05, 3.63) is 12.2 Å². The number of nitriles is 1. The molecule has 0 aromatic rings. The fraction of sp³-hybridized carbons (Fsp3) is 0.636. The molecule has 0 saturated heterocycles. The van der Waals surface area contributed by atoms with Crippen molar-refractivity contribution in [3.63, 3.8) is 0 Å². The Hall–Kier alpha value is -1.10. The van der Waals surface area contributed by atoms with Gasteiger partial charge >= 0.3 is 0 Å². The van der Waals surface area contributed by atoms with Gasteiger partial charge in [-0.3, -0.25) is 4.79 Å². The lowest BCUT2D eigenvalue weighted by atomic mass is 9.69. The minimum atomic E-state index is -0.0251. The van der Waals surface area contributed by atoms with E-state index < -0.39 is 0 Å². The number of fused-ring (bicyclic) bond motifs is 1. The normalized spacial score (nSPS) is 42.9. The molecular formula is C11H13NO. The van der Waals surface area contributed by atoms with Gasteiger partial charge in [0.2, 0.25) is 0 Å². The van der Waals surface area contributed by atoms with E-state index >= 15 is 0 Å². The summed E-state index contributed by atoms with van der Waals surface area (Å²) < 4.78 is 0. The highest BCUT2D eigenvalue weighted by Crippen LogP contribution is 2.51. The van der Waals surface area contributed by atoms with Crippen molar-refractivity contribution in [2.24, 2.45) is 17.3 Å². The maximum absolute atomic E-state index is 11.2. The third-order valence-corrected chi connectivity index (χ3v) is 3.67. The summed E-state index contributed by atoms with van der Waals surface area (Å²) in [7, 11) is 0. The topological polar surface area (TPSA) is 40.9 Å². The monoisotopic (exact) mass is 175 g/mol. The van der Waals surface area contributed by atoms with Gasteiger partial charge in [-0.2, -0.15) is 5.26 Å². The highest BCUT2D eigenvalue weighted by atomic mass is 16.1. The summed E-state index contributed by atoms with van der Waals surface area (Å²) in [4.78, 5) is 11.2. The molecule has 2 heteroatoms. The van der Waals surface area contributed by atoms with E-state index in [1.165, 1.54) is 0 Å². The molecule has 0 unspecified atom stereocenters. The van der Waals surface area contributed by atoms with Gasteiger partial charge in [-0.05, 0) is 24.8 Å². The fourth-order valence-corrected chi connectivity index (χ4v) is 2.64. The predicted molar refractivity (Wildman–Crippen MR) is 48.7 cm³/mol. The van der Waals surface area contributed by atoms with Crippen LogP contribution in [0.1, 0.15) is 26.2 Å². The van der Waals surface area contributed by atoms with Gasteiger partial charge in [0.1, 0.15) is 0 Å². The number of carbonyl (C=O) groups excluding carboxylic acids is 1. The number of nitrogens with zero attached hydrogens (tertiary/aromatic N) is 1. The van der Waals surface area contributed by atoms with Gasteiger partial charge in [0, 0.05) is 11.8 Å². The molecule has 0 N–H and O–H groups in total. The molecule has 1 saturated carbocycles. The van der Waals surface area contributed by atoms with Gasteiger partial charge in [0.25, 0.3) is 0 Å². The zero-order valence-corrected chi connectivity index (χ0v) is 7.79. The second-order valence-corrected chi connectivity index (χ2v) is 4.33. The van der Waals surface area contributed by atoms with Gasteiger partial charge in [-0.1, -0.05) is 13.0 Å². The first-order chi connectivity index (χ1) is 6.16. The van der Waals surface area contributed by atoms with E-state index in [4.69, 9.17) is 5.26 Å². The molecule has 2 aliphatic carbocycles. The first kappa shape index (κ1) is 8.50. The van der Waals surface area contributed by atoms with Crippen LogP contribution in [0.15, 0.2) is 12.2 Å². The third-order valence-electron chi connectivity index (χ3n) is 3.67. The van der Waals surface area contributed by atoms with Crippen molar-refractivity contribution < 1.29 is 4.79 Å². The molecule has 0 radical (unpaired) electrons. The lowest BCUT2D eigenvalue weighted by molar-refractivity contribution is -0.116. The molecule has 13 heavy (non-hydrogen) atoms. The molecular weight excluding hydrogens is 162 g/mol. The number of hydrogen-bond acceptors (Lipinski definition) is 2. The number of ketones is 1. The molecule has 0 aromatic carbocycles. The Labute approximate surface area is 78.2 Å². The number of rotatable bonds is 0. The van der Waals surface area contributed by atoms with Gasteiger partial charge in [0.05, 0.1) is 12.0 Å². The van der Waals surface area contributed by atoms with Crippen LogP contribution in [-0.4, -0.2) is 5.78 Å². The molecule has 2 aliphatic rings. The average Bonchev–Trinajstić information content (AvgIpc) is 2.42. The van der Waals surface area contributed by atoms with Crippen LogP contribution >= 0.6 is 0 Å². The van der Waals surface area contributed by atoms with Gasteiger partial charge < -0.3 is 0 Å². The highest BCUT2D eigenvalue weighted by Gasteiger charge is 2.47. The van der Waals surface area contributed by atoms with Crippen LogP contribution in [0.5, 0.6) is 0 Å². The first-order valence-electron chi connectivity index (χ1n) is 4.78. The molecule has 0 aliphatic heterocycles.